The topological polar surface area (TPSA) is 105 Å². The molecule has 3 rings (SSSR count). The molecule has 8 nitrogen and oxygen atoms in total. The minimum Gasteiger partial charge on any atom is -0.423 e. The predicted molar refractivity (Wildman–Crippen MR) is 150 cm³/mol. The van der Waals surface area contributed by atoms with Gasteiger partial charge in [-0.15, -0.1) is 0 Å². The average molecular weight is 573 g/mol. The molecule has 0 saturated carbocycles. The van der Waals surface area contributed by atoms with Crippen LogP contribution in [0.4, 0.5) is 8.78 Å². The first kappa shape index (κ1) is 30.6. The molecule has 0 atom stereocenters. The third-order valence-electron chi connectivity index (χ3n) is 5.23. The fourth-order valence-corrected chi connectivity index (χ4v) is 3.35. The summed E-state index contributed by atoms with van der Waals surface area (Å²) in [4.78, 5) is 46.6. The third-order valence-corrected chi connectivity index (χ3v) is 5.23. The zero-order valence-electron chi connectivity index (χ0n) is 21.9. The molecule has 0 aliphatic rings. The summed E-state index contributed by atoms with van der Waals surface area (Å²) in [6.45, 7) is 13.2. The maximum absolute atomic E-state index is 15.2. The predicted octanol–water partition coefficient (Wildman–Crippen LogP) is 6.17. The second kappa shape index (κ2) is 13.9. The maximum atomic E-state index is 15.2. The van der Waals surface area contributed by atoms with Crippen LogP contribution in [0.25, 0.3) is 23.3 Å². The van der Waals surface area contributed by atoms with Gasteiger partial charge >= 0.3 is 23.9 Å². The van der Waals surface area contributed by atoms with Gasteiger partial charge in [0.2, 0.25) is 0 Å². The molecular formula is C32H22F2O8. The van der Waals surface area contributed by atoms with E-state index in [1.807, 2.05) is 0 Å². The number of ether oxygens (including phenoxy) is 4. The van der Waals surface area contributed by atoms with E-state index in [4.69, 9.17) is 18.9 Å². The Morgan fingerprint density at radius 2 is 1.02 bits per heavy atom. The number of hydrogen-bond donors (Lipinski definition) is 0. The molecule has 212 valence electrons. The molecule has 0 N–H and O–H groups in total. The van der Waals surface area contributed by atoms with Crippen LogP contribution in [-0.4, -0.2) is 23.9 Å². The SMILES string of the molecule is C=CC(=O)Oc1cc(OC(=O)C=C)cc(-c2ccc(C=Cc3cc(OC(=O)C=C)cc(OC(=O)C=C)c3F)c(F)c2)c1. The molecule has 10 heteroatoms. The zero-order valence-corrected chi connectivity index (χ0v) is 21.9. The van der Waals surface area contributed by atoms with Crippen molar-refractivity contribution >= 4 is 36.0 Å². The molecule has 0 fully saturated rings. The van der Waals surface area contributed by atoms with Crippen LogP contribution in [0.3, 0.4) is 0 Å². The van der Waals surface area contributed by atoms with Crippen LogP contribution in [0, 0.1) is 11.6 Å². The molecule has 0 saturated heterocycles. The van der Waals surface area contributed by atoms with Crippen LogP contribution in [0.2, 0.25) is 0 Å². The summed E-state index contributed by atoms with van der Waals surface area (Å²) in [5.41, 5.74) is 0.497. The Morgan fingerprint density at radius 1 is 0.548 bits per heavy atom. The van der Waals surface area contributed by atoms with E-state index in [1.165, 1.54) is 42.5 Å². The summed E-state index contributed by atoms with van der Waals surface area (Å²) < 4.78 is 50.4. The Morgan fingerprint density at radius 3 is 1.52 bits per heavy atom. The van der Waals surface area contributed by atoms with Crippen molar-refractivity contribution < 1.29 is 46.9 Å². The van der Waals surface area contributed by atoms with E-state index in [-0.39, 0.29) is 28.4 Å². The number of hydrogen-bond acceptors (Lipinski definition) is 8. The van der Waals surface area contributed by atoms with Crippen LogP contribution < -0.4 is 18.9 Å². The Hall–Kier alpha value is -5.90. The minimum absolute atomic E-state index is 0.00844. The van der Waals surface area contributed by atoms with Gasteiger partial charge in [-0.25, -0.2) is 28.0 Å². The highest BCUT2D eigenvalue weighted by molar-refractivity contribution is 5.86. The molecule has 3 aromatic carbocycles. The molecule has 0 aromatic heterocycles. The lowest BCUT2D eigenvalue weighted by Crippen LogP contribution is -2.08. The van der Waals surface area contributed by atoms with Crippen LogP contribution in [0.5, 0.6) is 23.0 Å². The average Bonchev–Trinajstić information content (AvgIpc) is 2.97. The Labute approximate surface area is 239 Å². The Bertz CT molecular complexity index is 1610. The highest BCUT2D eigenvalue weighted by atomic mass is 19.1. The minimum atomic E-state index is -0.982. The number of carbonyl (C=O) groups excluding carboxylic acids is 4. The van der Waals surface area contributed by atoms with E-state index < -0.39 is 41.3 Å². The Kier molecular flexibility index (Phi) is 10.2. The lowest BCUT2D eigenvalue weighted by atomic mass is 10.0. The maximum Gasteiger partial charge on any atom is 0.335 e. The van der Waals surface area contributed by atoms with Crippen LogP contribution in [0.1, 0.15) is 11.1 Å². The number of halogens is 2. The van der Waals surface area contributed by atoms with Gasteiger partial charge in [0, 0.05) is 47.6 Å². The molecular weight excluding hydrogens is 550 g/mol. The van der Waals surface area contributed by atoms with E-state index in [0.29, 0.717) is 11.1 Å². The van der Waals surface area contributed by atoms with Gasteiger partial charge in [-0.05, 0) is 35.4 Å². The number of carbonyl (C=O) groups is 4. The number of esters is 4. The number of benzene rings is 3. The van der Waals surface area contributed by atoms with Crippen molar-refractivity contribution in [3.8, 4) is 34.1 Å². The third kappa shape index (κ3) is 8.06. The largest absolute Gasteiger partial charge is 0.423 e. The van der Waals surface area contributed by atoms with Crippen molar-refractivity contribution in [3.05, 3.63) is 122 Å². The van der Waals surface area contributed by atoms with Crippen LogP contribution >= 0.6 is 0 Å². The Balaban J connectivity index is 1.99. The normalized spacial score (nSPS) is 10.3. The van der Waals surface area contributed by atoms with E-state index >= 15 is 8.78 Å². The summed E-state index contributed by atoms with van der Waals surface area (Å²) in [5, 5.41) is 0. The second-order valence-corrected chi connectivity index (χ2v) is 8.09. The van der Waals surface area contributed by atoms with Gasteiger partial charge in [0.1, 0.15) is 23.1 Å². The van der Waals surface area contributed by atoms with Crippen molar-refractivity contribution in [2.75, 3.05) is 0 Å². The summed E-state index contributed by atoms with van der Waals surface area (Å²) in [7, 11) is 0. The molecule has 0 unspecified atom stereocenters. The fraction of sp³-hybridized carbons (Fsp3) is 0. The fourth-order valence-electron chi connectivity index (χ4n) is 3.35. The molecule has 0 spiro atoms. The molecule has 0 aliphatic heterocycles. The summed E-state index contributed by atoms with van der Waals surface area (Å²) >= 11 is 0. The first-order valence-corrected chi connectivity index (χ1v) is 11.9. The molecule has 0 amide bonds. The highest BCUT2D eigenvalue weighted by Crippen LogP contribution is 2.33. The molecule has 0 radical (unpaired) electrons. The monoisotopic (exact) mass is 572 g/mol. The van der Waals surface area contributed by atoms with Gasteiger partial charge in [0.05, 0.1) is 0 Å². The van der Waals surface area contributed by atoms with E-state index in [2.05, 4.69) is 26.3 Å². The lowest BCUT2D eigenvalue weighted by molar-refractivity contribution is -0.130. The van der Waals surface area contributed by atoms with Crippen molar-refractivity contribution in [1.82, 2.24) is 0 Å². The highest BCUT2D eigenvalue weighted by Gasteiger charge is 2.16. The molecule has 0 heterocycles. The quantitative estimate of drug-likeness (QED) is 0.116. The molecule has 3 aromatic rings. The standard InChI is InChI=1S/C32H22F2O8/c1-5-28(35)39-23-14-22(15-24(17-23)40-29(36)6-2)20-11-9-19(26(33)16-20)10-12-21-13-25(41-30(37)7-3)18-27(32(21)34)42-31(38)8-4/h5-18H,1-4H2. The van der Waals surface area contributed by atoms with Gasteiger partial charge in [-0.3, -0.25) is 0 Å². The van der Waals surface area contributed by atoms with Crippen molar-refractivity contribution in [1.29, 1.82) is 0 Å². The van der Waals surface area contributed by atoms with Gasteiger partial charge in [0.25, 0.3) is 0 Å². The van der Waals surface area contributed by atoms with Crippen molar-refractivity contribution in [2.45, 2.75) is 0 Å². The van der Waals surface area contributed by atoms with Gasteiger partial charge < -0.3 is 18.9 Å². The van der Waals surface area contributed by atoms with Crippen molar-refractivity contribution in [2.24, 2.45) is 0 Å². The second-order valence-electron chi connectivity index (χ2n) is 8.09. The number of rotatable bonds is 11. The smallest absolute Gasteiger partial charge is 0.335 e. The van der Waals surface area contributed by atoms with Gasteiger partial charge in [0.15, 0.2) is 11.6 Å². The van der Waals surface area contributed by atoms with Gasteiger partial charge in [-0.1, -0.05) is 50.6 Å². The molecule has 42 heavy (non-hydrogen) atoms. The molecule has 0 bridgehead atoms. The summed E-state index contributed by atoms with van der Waals surface area (Å²) in [5.74, 6) is -5.73. The summed E-state index contributed by atoms with van der Waals surface area (Å²) in [6, 6.07) is 10.3. The lowest BCUT2D eigenvalue weighted by Gasteiger charge is -2.11. The zero-order chi connectivity index (χ0) is 30.8. The van der Waals surface area contributed by atoms with Crippen molar-refractivity contribution in [3.63, 3.8) is 0 Å². The first-order chi connectivity index (χ1) is 20.1. The van der Waals surface area contributed by atoms with E-state index in [9.17, 15) is 19.2 Å². The van der Waals surface area contributed by atoms with Crippen LogP contribution in [0.15, 0.2) is 99.2 Å². The first-order valence-electron chi connectivity index (χ1n) is 11.9. The summed E-state index contributed by atoms with van der Waals surface area (Å²) in [6.07, 6.45) is 6.02. The van der Waals surface area contributed by atoms with E-state index in [0.717, 1.165) is 42.5 Å². The van der Waals surface area contributed by atoms with Crippen LogP contribution in [-0.2, 0) is 19.2 Å². The molecule has 0 aliphatic carbocycles. The van der Waals surface area contributed by atoms with Gasteiger partial charge in [-0.2, -0.15) is 0 Å². The van der Waals surface area contributed by atoms with E-state index in [1.54, 1.807) is 0 Å².